The number of carbonyl (C=O) groups is 3. The number of thioether (sulfide) groups is 2. The van der Waals surface area contributed by atoms with E-state index >= 15 is 0 Å². The second kappa shape index (κ2) is 8.62. The molecule has 3 atom stereocenters. The van der Waals surface area contributed by atoms with Crippen LogP contribution >= 0.6 is 23.5 Å². The summed E-state index contributed by atoms with van der Waals surface area (Å²) in [5.41, 5.74) is 0.322. The number of tetrazole rings is 1. The summed E-state index contributed by atoms with van der Waals surface area (Å²) in [6.45, 7) is 1.75. The first-order valence-corrected chi connectivity index (χ1v) is 12.1. The van der Waals surface area contributed by atoms with E-state index in [0.29, 0.717) is 10.7 Å². The zero-order chi connectivity index (χ0) is 22.1. The minimum absolute atomic E-state index is 0.171. The molecule has 0 radical (unpaired) electrons. The number of nitrogens with zero attached hydrogens (tertiary/aromatic N) is 5. The number of H-pyrrole nitrogens is 1. The highest BCUT2D eigenvalue weighted by Gasteiger charge is 2.54. The molecule has 0 saturated carbocycles. The van der Waals surface area contributed by atoms with E-state index in [1.54, 1.807) is 6.92 Å². The fourth-order valence-corrected chi connectivity index (χ4v) is 6.14. The number of sulfone groups is 1. The number of carboxylic acid groups (broad SMARTS) is 1. The van der Waals surface area contributed by atoms with Crippen LogP contribution in [0.4, 0.5) is 0 Å². The van der Waals surface area contributed by atoms with Crippen molar-refractivity contribution in [1.29, 1.82) is 5.26 Å². The number of hydrogen-bond acceptors (Lipinski definition) is 11. The standard InChI is InChI=1S/C14H15N7O6S3/c1-6(29-14-17-19-20-18-14)7-4-28-12-9(11(23)21(12)10(7)13(24)25)16-8(22)5-30(26,27)3-2-15/h6,9,12H,3-5H2,1H3,(H,16,22)(H,24,25)(H,17,18,19,20)/t6?,9?,12-/m1/s1. The van der Waals surface area contributed by atoms with Crippen molar-refractivity contribution in [3.8, 4) is 6.07 Å². The number of rotatable bonds is 8. The quantitative estimate of drug-likeness (QED) is 0.288. The lowest BCUT2D eigenvalue weighted by Crippen LogP contribution is -2.71. The first-order valence-electron chi connectivity index (χ1n) is 8.32. The number of fused-ring (bicyclic) bond motifs is 1. The van der Waals surface area contributed by atoms with Gasteiger partial charge in [0.25, 0.3) is 5.91 Å². The zero-order valence-electron chi connectivity index (χ0n) is 15.3. The number of hydrogen-bond donors (Lipinski definition) is 3. The number of aromatic nitrogens is 4. The molecular formula is C14H15N7O6S3. The first-order chi connectivity index (χ1) is 14.1. The maximum Gasteiger partial charge on any atom is 0.352 e. The van der Waals surface area contributed by atoms with Crippen LogP contribution in [-0.4, -0.2) is 90.8 Å². The maximum atomic E-state index is 12.6. The summed E-state index contributed by atoms with van der Waals surface area (Å²) in [6.07, 6.45) is 0. The molecule has 30 heavy (non-hydrogen) atoms. The Morgan fingerprint density at radius 1 is 1.53 bits per heavy atom. The number of amides is 2. The number of nitriles is 1. The minimum atomic E-state index is -3.91. The van der Waals surface area contributed by atoms with Gasteiger partial charge in [-0.2, -0.15) is 10.5 Å². The molecule has 2 amide bonds. The van der Waals surface area contributed by atoms with Gasteiger partial charge in [0.05, 0.1) is 6.07 Å². The van der Waals surface area contributed by atoms with Gasteiger partial charge in [-0.25, -0.2) is 13.2 Å². The molecule has 0 bridgehead atoms. The molecule has 2 unspecified atom stereocenters. The highest BCUT2D eigenvalue weighted by atomic mass is 32.2. The average molecular weight is 474 g/mol. The smallest absolute Gasteiger partial charge is 0.352 e. The largest absolute Gasteiger partial charge is 0.477 e. The molecule has 16 heteroatoms. The molecule has 13 nitrogen and oxygen atoms in total. The van der Waals surface area contributed by atoms with E-state index in [2.05, 4.69) is 25.9 Å². The molecule has 0 aromatic carbocycles. The van der Waals surface area contributed by atoms with E-state index < -0.39 is 50.5 Å². The third-order valence-corrected chi connectivity index (χ3v) is 7.85. The van der Waals surface area contributed by atoms with Crippen LogP contribution in [0.2, 0.25) is 0 Å². The third kappa shape index (κ3) is 4.42. The van der Waals surface area contributed by atoms with Crippen LogP contribution in [0.15, 0.2) is 16.4 Å². The summed E-state index contributed by atoms with van der Waals surface area (Å²) in [7, 11) is -3.91. The Hall–Kier alpha value is -2.64. The second-order valence-corrected chi connectivity index (χ2v) is 10.8. The number of β-lactam (4-membered cyclic amide) rings is 1. The summed E-state index contributed by atoms with van der Waals surface area (Å²) < 4.78 is 23.2. The lowest BCUT2D eigenvalue weighted by molar-refractivity contribution is -0.150. The van der Waals surface area contributed by atoms with Crippen LogP contribution in [0.5, 0.6) is 0 Å². The summed E-state index contributed by atoms with van der Waals surface area (Å²) in [4.78, 5) is 37.5. The van der Waals surface area contributed by atoms with E-state index in [4.69, 9.17) is 5.26 Å². The third-order valence-electron chi connectivity index (χ3n) is 4.25. The summed E-state index contributed by atoms with van der Waals surface area (Å²) in [6, 6.07) is 0.417. The van der Waals surface area contributed by atoms with Gasteiger partial charge in [-0.15, -0.1) is 22.0 Å². The topological polar surface area (TPSA) is 199 Å². The van der Waals surface area contributed by atoms with Crippen LogP contribution in [0.3, 0.4) is 0 Å². The van der Waals surface area contributed by atoms with Gasteiger partial charge in [0.1, 0.15) is 28.6 Å². The van der Waals surface area contributed by atoms with Gasteiger partial charge in [0.2, 0.25) is 11.1 Å². The Labute approximate surface area is 178 Å². The normalized spacial score (nSPS) is 22.0. The molecule has 1 saturated heterocycles. The Bertz CT molecular complexity index is 1050. The molecule has 3 rings (SSSR count). The van der Waals surface area contributed by atoms with Gasteiger partial charge in [-0.05, 0) is 17.7 Å². The molecule has 1 aromatic rings. The van der Waals surface area contributed by atoms with Crippen molar-refractivity contribution in [2.24, 2.45) is 0 Å². The van der Waals surface area contributed by atoms with Crippen molar-refractivity contribution in [2.75, 3.05) is 17.3 Å². The van der Waals surface area contributed by atoms with E-state index in [1.807, 2.05) is 0 Å². The number of nitrogens with one attached hydrogen (secondary N) is 2. The van der Waals surface area contributed by atoms with Crippen molar-refractivity contribution in [1.82, 2.24) is 30.8 Å². The number of aromatic amines is 1. The van der Waals surface area contributed by atoms with Crippen molar-refractivity contribution in [3.05, 3.63) is 11.3 Å². The van der Waals surface area contributed by atoms with Gasteiger partial charge in [-0.1, -0.05) is 11.8 Å². The van der Waals surface area contributed by atoms with Crippen LogP contribution in [-0.2, 0) is 24.2 Å². The van der Waals surface area contributed by atoms with Crippen molar-refractivity contribution in [2.45, 2.75) is 28.7 Å². The first kappa shape index (κ1) is 22.1. The molecule has 1 aromatic heterocycles. The predicted molar refractivity (Wildman–Crippen MR) is 103 cm³/mol. The Kier molecular flexibility index (Phi) is 6.33. The number of carboxylic acids is 1. The highest BCUT2D eigenvalue weighted by Crippen LogP contribution is 2.43. The molecule has 2 aliphatic heterocycles. The molecule has 0 spiro atoms. The van der Waals surface area contributed by atoms with Crippen LogP contribution in [0.25, 0.3) is 0 Å². The SMILES string of the molecule is CC(Sc1nn[nH]n1)C1=C(C(=O)O)N2C(=O)C(NC(=O)CS(=O)(=O)CC#N)[C@H]2SC1. The summed E-state index contributed by atoms with van der Waals surface area (Å²) >= 11 is 2.43. The lowest BCUT2D eigenvalue weighted by atomic mass is 10.0. The molecule has 3 N–H and O–H groups in total. The monoisotopic (exact) mass is 473 g/mol. The van der Waals surface area contributed by atoms with Crippen LogP contribution < -0.4 is 5.32 Å². The van der Waals surface area contributed by atoms with E-state index in [9.17, 15) is 27.9 Å². The lowest BCUT2D eigenvalue weighted by Gasteiger charge is -2.50. The minimum Gasteiger partial charge on any atom is -0.477 e. The Balaban J connectivity index is 1.74. The molecule has 2 aliphatic rings. The van der Waals surface area contributed by atoms with Crippen LogP contribution in [0, 0.1) is 11.3 Å². The molecule has 1 fully saturated rings. The number of aliphatic carboxylic acids is 1. The van der Waals surface area contributed by atoms with Crippen molar-refractivity contribution in [3.63, 3.8) is 0 Å². The van der Waals surface area contributed by atoms with Crippen molar-refractivity contribution >= 4 is 51.1 Å². The maximum absolute atomic E-state index is 12.6. The van der Waals surface area contributed by atoms with E-state index in [-0.39, 0.29) is 16.7 Å². The van der Waals surface area contributed by atoms with Crippen molar-refractivity contribution < 1.29 is 27.9 Å². The van der Waals surface area contributed by atoms with Gasteiger partial charge < -0.3 is 10.4 Å². The summed E-state index contributed by atoms with van der Waals surface area (Å²) in [5, 5.41) is 33.2. The fourth-order valence-electron chi connectivity index (χ4n) is 2.95. The van der Waals surface area contributed by atoms with Gasteiger partial charge in [0.15, 0.2) is 9.84 Å². The van der Waals surface area contributed by atoms with Gasteiger partial charge in [-0.3, -0.25) is 14.5 Å². The van der Waals surface area contributed by atoms with Crippen LogP contribution in [0.1, 0.15) is 6.92 Å². The highest BCUT2D eigenvalue weighted by molar-refractivity contribution is 8.01. The van der Waals surface area contributed by atoms with Gasteiger partial charge in [0, 0.05) is 11.0 Å². The van der Waals surface area contributed by atoms with Gasteiger partial charge >= 0.3 is 5.97 Å². The Morgan fingerprint density at radius 2 is 2.27 bits per heavy atom. The predicted octanol–water partition coefficient (Wildman–Crippen LogP) is -1.64. The number of carbonyl (C=O) groups excluding carboxylic acids is 2. The summed E-state index contributed by atoms with van der Waals surface area (Å²) in [5.74, 6) is -4.31. The molecule has 0 aliphatic carbocycles. The Morgan fingerprint density at radius 3 is 2.87 bits per heavy atom. The molecule has 160 valence electrons. The molecular weight excluding hydrogens is 458 g/mol. The fraction of sp³-hybridized carbons (Fsp3) is 0.500. The molecule has 3 heterocycles. The van der Waals surface area contributed by atoms with E-state index in [0.717, 1.165) is 4.90 Å². The average Bonchev–Trinajstić information content (AvgIpc) is 3.17. The second-order valence-electron chi connectivity index (χ2n) is 6.28. The zero-order valence-corrected chi connectivity index (χ0v) is 17.8. The van der Waals surface area contributed by atoms with E-state index in [1.165, 1.54) is 29.6 Å².